The van der Waals surface area contributed by atoms with Gasteiger partial charge in [-0.25, -0.2) is 0 Å². The van der Waals surface area contributed by atoms with E-state index in [4.69, 9.17) is 18.9 Å². The summed E-state index contributed by atoms with van der Waals surface area (Å²) in [5.74, 6) is 0. The van der Waals surface area contributed by atoms with Crippen LogP contribution in [0.2, 0.25) is 0 Å². The molecule has 0 aliphatic carbocycles. The van der Waals surface area contributed by atoms with Crippen molar-refractivity contribution >= 4 is 26.6 Å². The molecule has 0 aromatic heterocycles. The van der Waals surface area contributed by atoms with Gasteiger partial charge in [0.1, 0.15) is 24.4 Å². The molecule has 0 spiro atoms. The number of unbranched alkanes of at least 4 members (excludes halogenated alkanes) is 2. The first kappa shape index (κ1) is 24.8. The van der Waals surface area contributed by atoms with Gasteiger partial charge in [-0.05, 0) is 19.3 Å². The third kappa shape index (κ3) is 7.91. The summed E-state index contributed by atoms with van der Waals surface area (Å²) in [5, 5.41) is 29.3. The van der Waals surface area contributed by atoms with Crippen LogP contribution in [0, 0.1) is 0 Å². The Labute approximate surface area is 150 Å². The maximum Gasteiger partial charge on any atom is 0.186 e. The number of ether oxygens (including phenoxy) is 4. The van der Waals surface area contributed by atoms with Crippen LogP contribution in [0.25, 0.3) is 0 Å². The molecule has 0 amide bonds. The standard InChI is InChI=1S/C13H26O7.H2O.Po/c1-17-6-4-3-5-7-19-13-12(16)11(15)10(14)9(20-13)8-18-2;;/h9-16H,3-8H2,1-2H3;1H2;. The third-order valence-electron chi connectivity index (χ3n) is 3.27. The fourth-order valence-corrected chi connectivity index (χ4v) is 2.08. The summed E-state index contributed by atoms with van der Waals surface area (Å²) in [7, 11) is 3.13. The summed E-state index contributed by atoms with van der Waals surface area (Å²) in [5.41, 5.74) is 0. The van der Waals surface area contributed by atoms with Gasteiger partial charge < -0.3 is 39.7 Å². The van der Waals surface area contributed by atoms with Gasteiger partial charge in [-0.2, -0.15) is 0 Å². The van der Waals surface area contributed by atoms with Crippen LogP contribution in [0.1, 0.15) is 19.3 Å². The van der Waals surface area contributed by atoms with Crippen molar-refractivity contribution in [2.45, 2.75) is 50.0 Å². The molecular weight excluding hydrogens is 493 g/mol. The molecule has 0 bridgehead atoms. The normalized spacial score (nSPS) is 31.2. The summed E-state index contributed by atoms with van der Waals surface area (Å²) >= 11 is 0. The zero-order chi connectivity index (χ0) is 15.0. The fourth-order valence-electron chi connectivity index (χ4n) is 2.08. The van der Waals surface area contributed by atoms with Gasteiger partial charge in [0.15, 0.2) is 6.29 Å². The molecule has 0 saturated carbocycles. The minimum absolute atomic E-state index is 0. The molecule has 1 aliphatic heterocycles. The Morgan fingerprint density at radius 3 is 2.09 bits per heavy atom. The molecule has 0 aromatic carbocycles. The molecule has 0 aromatic rings. The molecule has 5 unspecified atom stereocenters. The van der Waals surface area contributed by atoms with Gasteiger partial charge in [-0.1, -0.05) is 0 Å². The Kier molecular flexibility index (Phi) is 15.8. The second kappa shape index (κ2) is 14.0. The maximum absolute atomic E-state index is 9.81. The van der Waals surface area contributed by atoms with Crippen LogP contribution in [0.15, 0.2) is 0 Å². The van der Waals surface area contributed by atoms with Crippen LogP contribution in [-0.4, -0.2) is 112 Å². The fraction of sp³-hybridized carbons (Fsp3) is 1.00. The smallest absolute Gasteiger partial charge is 0.186 e. The monoisotopic (exact) mass is 521 g/mol. The average molecular weight is 521 g/mol. The van der Waals surface area contributed by atoms with Crippen molar-refractivity contribution in [3.63, 3.8) is 0 Å². The molecule has 5 N–H and O–H groups in total. The van der Waals surface area contributed by atoms with Crippen molar-refractivity contribution in [1.29, 1.82) is 0 Å². The van der Waals surface area contributed by atoms with E-state index in [1.807, 2.05) is 0 Å². The molecule has 1 heterocycles. The molecule has 1 aliphatic rings. The summed E-state index contributed by atoms with van der Waals surface area (Å²) in [6.07, 6.45) is -2.71. The van der Waals surface area contributed by atoms with E-state index in [2.05, 4.69) is 0 Å². The van der Waals surface area contributed by atoms with Crippen LogP contribution in [0.3, 0.4) is 0 Å². The SMILES string of the molecule is COCCCCCOC1OC(COC)C(O)C(O)C1O.O.[Po]. The first-order valence-corrected chi connectivity index (χ1v) is 6.91. The van der Waals surface area contributed by atoms with Crippen molar-refractivity contribution < 1.29 is 39.7 Å². The Morgan fingerprint density at radius 2 is 1.50 bits per heavy atom. The van der Waals surface area contributed by atoms with Gasteiger partial charge in [0.25, 0.3) is 0 Å². The quantitative estimate of drug-likeness (QED) is 0.302. The number of aliphatic hydroxyl groups is 3. The van der Waals surface area contributed by atoms with Crippen LogP contribution in [-0.2, 0) is 18.9 Å². The summed E-state index contributed by atoms with van der Waals surface area (Å²) in [6.45, 7) is 1.25. The minimum Gasteiger partial charge on any atom is -0.412 e. The Hall–Kier alpha value is 0.576. The van der Waals surface area contributed by atoms with E-state index >= 15 is 0 Å². The van der Waals surface area contributed by atoms with Gasteiger partial charge in [0, 0.05) is 54.0 Å². The Balaban J connectivity index is 0. The van der Waals surface area contributed by atoms with Crippen LogP contribution in [0.4, 0.5) is 0 Å². The van der Waals surface area contributed by atoms with E-state index in [0.29, 0.717) is 13.2 Å². The molecule has 5 atom stereocenters. The van der Waals surface area contributed by atoms with E-state index in [1.165, 1.54) is 7.11 Å². The van der Waals surface area contributed by atoms with Gasteiger partial charge in [-0.15, -0.1) is 0 Å². The first-order chi connectivity index (χ1) is 9.61. The van der Waals surface area contributed by atoms with Gasteiger partial charge in [-0.3, -0.25) is 0 Å². The van der Waals surface area contributed by atoms with Crippen LogP contribution in [0.5, 0.6) is 0 Å². The average Bonchev–Trinajstić information content (AvgIpc) is 2.45. The van der Waals surface area contributed by atoms with E-state index in [1.54, 1.807) is 7.11 Å². The van der Waals surface area contributed by atoms with Gasteiger partial charge >= 0.3 is 0 Å². The van der Waals surface area contributed by atoms with Crippen molar-refractivity contribution in [3.8, 4) is 0 Å². The van der Waals surface area contributed by atoms with Crippen molar-refractivity contribution in [2.24, 2.45) is 0 Å². The number of aliphatic hydroxyl groups excluding tert-OH is 3. The summed E-state index contributed by atoms with van der Waals surface area (Å²) < 4.78 is 20.7. The first-order valence-electron chi connectivity index (χ1n) is 6.91. The molecule has 1 saturated heterocycles. The Bertz CT molecular complexity index is 258. The zero-order valence-corrected chi connectivity index (χ0v) is 16.2. The second-order valence-electron chi connectivity index (χ2n) is 4.89. The van der Waals surface area contributed by atoms with Gasteiger partial charge in [0.05, 0.1) is 6.61 Å². The minimum atomic E-state index is -1.30. The number of hydrogen-bond donors (Lipinski definition) is 3. The predicted octanol–water partition coefficient (Wildman–Crippen LogP) is -1.93. The Morgan fingerprint density at radius 1 is 0.864 bits per heavy atom. The topological polar surface area (TPSA) is 129 Å². The second-order valence-corrected chi connectivity index (χ2v) is 4.89. The van der Waals surface area contributed by atoms with Crippen molar-refractivity contribution in [3.05, 3.63) is 0 Å². The summed E-state index contributed by atoms with van der Waals surface area (Å²) in [4.78, 5) is 0. The molecule has 134 valence electrons. The molecule has 1 rings (SSSR count). The third-order valence-corrected chi connectivity index (χ3v) is 3.27. The largest absolute Gasteiger partial charge is 0.412 e. The predicted molar refractivity (Wildman–Crippen MR) is 79.6 cm³/mol. The number of hydrogen-bond acceptors (Lipinski definition) is 7. The molecular formula is C13H28O8Po. The van der Waals surface area contributed by atoms with Crippen LogP contribution < -0.4 is 0 Å². The van der Waals surface area contributed by atoms with E-state index < -0.39 is 30.7 Å². The summed E-state index contributed by atoms with van der Waals surface area (Å²) in [6, 6.07) is 0. The molecule has 8 nitrogen and oxygen atoms in total. The molecule has 22 heavy (non-hydrogen) atoms. The van der Waals surface area contributed by atoms with Crippen LogP contribution >= 0.6 is 0 Å². The molecule has 1 fully saturated rings. The maximum atomic E-state index is 9.81. The number of rotatable bonds is 9. The molecule has 9 heteroatoms. The number of methoxy groups -OCH3 is 2. The van der Waals surface area contributed by atoms with Gasteiger partial charge in [0.2, 0.25) is 0 Å². The zero-order valence-electron chi connectivity index (χ0n) is 13.0. The van der Waals surface area contributed by atoms with E-state index in [9.17, 15) is 15.3 Å². The van der Waals surface area contributed by atoms with E-state index in [-0.39, 0.29) is 38.6 Å². The van der Waals surface area contributed by atoms with Crippen molar-refractivity contribution in [1.82, 2.24) is 0 Å². The van der Waals surface area contributed by atoms with E-state index in [0.717, 1.165) is 19.3 Å². The van der Waals surface area contributed by atoms with Crippen molar-refractivity contribution in [2.75, 3.05) is 34.0 Å². The molecule has 2 radical (unpaired) electrons.